The van der Waals surface area contributed by atoms with Crippen molar-refractivity contribution in [2.24, 2.45) is 0 Å². The van der Waals surface area contributed by atoms with E-state index in [4.69, 9.17) is 0 Å². The molecule has 0 saturated heterocycles. The summed E-state index contributed by atoms with van der Waals surface area (Å²) in [6.45, 7) is 2.50. The summed E-state index contributed by atoms with van der Waals surface area (Å²) in [5.41, 5.74) is 0. The molecule has 0 aliphatic heterocycles. The topological polar surface area (TPSA) is 66.4 Å². The van der Waals surface area contributed by atoms with Gasteiger partial charge in [-0.1, -0.05) is 13.3 Å². The van der Waals surface area contributed by atoms with Gasteiger partial charge >= 0.3 is 0 Å². The second-order valence-corrected chi connectivity index (χ2v) is 7.11. The average Bonchev–Trinajstić information content (AvgIpc) is 2.25. The fraction of sp³-hybridized carbons (Fsp3) is 1.00. The molecule has 0 bridgehead atoms. The fourth-order valence-electron chi connectivity index (χ4n) is 2.17. The van der Waals surface area contributed by atoms with Crippen molar-refractivity contribution in [2.45, 2.75) is 56.4 Å². The van der Waals surface area contributed by atoms with Gasteiger partial charge in [-0.25, -0.2) is 8.42 Å². The second kappa shape index (κ2) is 5.98. The van der Waals surface area contributed by atoms with Crippen LogP contribution in [-0.2, 0) is 9.84 Å². The van der Waals surface area contributed by atoms with Gasteiger partial charge in [0.25, 0.3) is 0 Å². The van der Waals surface area contributed by atoms with Crippen molar-refractivity contribution in [3.8, 4) is 0 Å². The third kappa shape index (κ3) is 4.39. The standard InChI is InChI=1S/C11H23NO3S/c1-3-10(13)8-12-9-5-4-6-11(7-9)16(2,14)15/h9-13H,3-8H2,1-2H3. The molecule has 0 radical (unpaired) electrons. The number of aliphatic hydroxyl groups excluding tert-OH is 1. The van der Waals surface area contributed by atoms with E-state index in [0.717, 1.165) is 25.7 Å². The predicted octanol–water partition coefficient (Wildman–Crippen LogP) is 0.703. The molecular formula is C11H23NO3S. The summed E-state index contributed by atoms with van der Waals surface area (Å²) in [4.78, 5) is 0. The molecule has 0 spiro atoms. The van der Waals surface area contributed by atoms with Gasteiger partial charge < -0.3 is 10.4 Å². The van der Waals surface area contributed by atoms with Crippen molar-refractivity contribution < 1.29 is 13.5 Å². The quantitative estimate of drug-likeness (QED) is 0.753. The number of hydrogen-bond acceptors (Lipinski definition) is 4. The third-order valence-electron chi connectivity index (χ3n) is 3.34. The van der Waals surface area contributed by atoms with E-state index in [-0.39, 0.29) is 17.4 Å². The molecule has 1 saturated carbocycles. The van der Waals surface area contributed by atoms with Gasteiger partial charge in [0.1, 0.15) is 9.84 Å². The molecule has 3 unspecified atom stereocenters. The van der Waals surface area contributed by atoms with Crippen LogP contribution in [0.1, 0.15) is 39.0 Å². The maximum atomic E-state index is 11.4. The van der Waals surface area contributed by atoms with E-state index in [9.17, 15) is 13.5 Å². The largest absolute Gasteiger partial charge is 0.392 e. The normalized spacial score (nSPS) is 28.9. The van der Waals surface area contributed by atoms with Gasteiger partial charge in [-0.15, -0.1) is 0 Å². The van der Waals surface area contributed by atoms with Crippen molar-refractivity contribution >= 4 is 9.84 Å². The van der Waals surface area contributed by atoms with Crippen molar-refractivity contribution in [1.29, 1.82) is 0 Å². The summed E-state index contributed by atoms with van der Waals surface area (Å²) in [6, 6.07) is 0.245. The van der Waals surface area contributed by atoms with Crippen LogP contribution < -0.4 is 5.32 Å². The highest BCUT2D eigenvalue weighted by Gasteiger charge is 2.28. The molecule has 5 heteroatoms. The Bertz CT molecular complexity index is 302. The van der Waals surface area contributed by atoms with Gasteiger partial charge in [0.2, 0.25) is 0 Å². The first-order valence-corrected chi connectivity index (χ1v) is 7.99. The molecule has 1 rings (SSSR count). The van der Waals surface area contributed by atoms with Gasteiger partial charge in [0, 0.05) is 18.8 Å². The molecule has 3 atom stereocenters. The monoisotopic (exact) mass is 249 g/mol. The van der Waals surface area contributed by atoms with Crippen molar-refractivity contribution in [1.82, 2.24) is 5.32 Å². The highest BCUT2D eigenvalue weighted by molar-refractivity contribution is 7.91. The highest BCUT2D eigenvalue weighted by Crippen LogP contribution is 2.23. The Labute approximate surface area is 98.4 Å². The summed E-state index contributed by atoms with van der Waals surface area (Å²) in [6.07, 6.45) is 5.18. The van der Waals surface area contributed by atoms with Crippen LogP contribution in [0.5, 0.6) is 0 Å². The molecule has 16 heavy (non-hydrogen) atoms. The van der Waals surface area contributed by atoms with E-state index in [2.05, 4.69) is 5.32 Å². The molecular weight excluding hydrogens is 226 g/mol. The zero-order chi connectivity index (χ0) is 12.2. The van der Waals surface area contributed by atoms with E-state index >= 15 is 0 Å². The van der Waals surface area contributed by atoms with Crippen LogP contribution in [-0.4, -0.2) is 43.7 Å². The Morgan fingerprint density at radius 1 is 1.44 bits per heavy atom. The van der Waals surface area contributed by atoms with Crippen molar-refractivity contribution in [3.63, 3.8) is 0 Å². The lowest BCUT2D eigenvalue weighted by Gasteiger charge is -2.29. The fourth-order valence-corrected chi connectivity index (χ4v) is 3.34. The molecule has 0 aromatic rings. The lowest BCUT2D eigenvalue weighted by molar-refractivity contribution is 0.159. The molecule has 2 N–H and O–H groups in total. The first-order valence-electron chi connectivity index (χ1n) is 6.03. The Morgan fingerprint density at radius 3 is 2.69 bits per heavy atom. The van der Waals surface area contributed by atoms with Gasteiger partial charge in [0.05, 0.1) is 11.4 Å². The molecule has 1 fully saturated rings. The first-order chi connectivity index (χ1) is 7.43. The minimum atomic E-state index is -2.91. The van der Waals surface area contributed by atoms with Gasteiger partial charge in [-0.3, -0.25) is 0 Å². The van der Waals surface area contributed by atoms with Crippen LogP contribution in [0.4, 0.5) is 0 Å². The Kier molecular flexibility index (Phi) is 5.21. The van der Waals surface area contributed by atoms with Crippen LogP contribution in [0.15, 0.2) is 0 Å². The summed E-state index contributed by atoms with van der Waals surface area (Å²) >= 11 is 0. The van der Waals surface area contributed by atoms with E-state index in [1.807, 2.05) is 6.92 Å². The van der Waals surface area contributed by atoms with Gasteiger partial charge in [-0.05, 0) is 25.7 Å². The van der Waals surface area contributed by atoms with Crippen LogP contribution in [0, 0.1) is 0 Å². The number of nitrogens with one attached hydrogen (secondary N) is 1. The summed E-state index contributed by atoms with van der Waals surface area (Å²) in [5.74, 6) is 0. The molecule has 0 aromatic heterocycles. The first kappa shape index (κ1) is 13.9. The van der Waals surface area contributed by atoms with Crippen LogP contribution in [0.25, 0.3) is 0 Å². The molecule has 0 aromatic carbocycles. The predicted molar refractivity (Wildman–Crippen MR) is 65.2 cm³/mol. The van der Waals surface area contributed by atoms with E-state index in [1.165, 1.54) is 6.26 Å². The van der Waals surface area contributed by atoms with E-state index < -0.39 is 9.84 Å². The zero-order valence-electron chi connectivity index (χ0n) is 10.1. The van der Waals surface area contributed by atoms with Crippen molar-refractivity contribution in [3.05, 3.63) is 0 Å². The van der Waals surface area contributed by atoms with Gasteiger partial charge in [-0.2, -0.15) is 0 Å². The van der Waals surface area contributed by atoms with E-state index in [0.29, 0.717) is 13.0 Å². The minimum absolute atomic E-state index is 0.197. The Balaban J connectivity index is 2.39. The zero-order valence-corrected chi connectivity index (χ0v) is 11.0. The number of aliphatic hydroxyl groups is 1. The lowest BCUT2D eigenvalue weighted by atomic mass is 9.95. The SMILES string of the molecule is CCC(O)CNC1CCCC(S(C)(=O)=O)C1. The highest BCUT2D eigenvalue weighted by atomic mass is 32.2. The smallest absolute Gasteiger partial charge is 0.150 e. The Hall–Kier alpha value is -0.130. The summed E-state index contributed by atoms with van der Waals surface area (Å²) < 4.78 is 22.9. The molecule has 0 heterocycles. The van der Waals surface area contributed by atoms with Crippen LogP contribution >= 0.6 is 0 Å². The van der Waals surface area contributed by atoms with Gasteiger partial charge in [0.15, 0.2) is 0 Å². The number of sulfone groups is 1. The number of hydrogen-bond donors (Lipinski definition) is 2. The average molecular weight is 249 g/mol. The number of rotatable bonds is 5. The van der Waals surface area contributed by atoms with E-state index in [1.54, 1.807) is 0 Å². The summed E-state index contributed by atoms with van der Waals surface area (Å²) in [5, 5.41) is 12.5. The Morgan fingerprint density at radius 2 is 2.12 bits per heavy atom. The minimum Gasteiger partial charge on any atom is -0.392 e. The molecule has 1 aliphatic rings. The lowest BCUT2D eigenvalue weighted by Crippen LogP contribution is -2.41. The summed E-state index contributed by atoms with van der Waals surface area (Å²) in [7, 11) is -2.91. The molecule has 1 aliphatic carbocycles. The van der Waals surface area contributed by atoms with Crippen LogP contribution in [0.3, 0.4) is 0 Å². The molecule has 0 amide bonds. The maximum Gasteiger partial charge on any atom is 0.150 e. The maximum absolute atomic E-state index is 11.4. The molecule has 96 valence electrons. The second-order valence-electron chi connectivity index (χ2n) is 4.79. The molecule has 4 nitrogen and oxygen atoms in total. The van der Waals surface area contributed by atoms with Crippen LogP contribution in [0.2, 0.25) is 0 Å². The third-order valence-corrected chi connectivity index (χ3v) is 4.98. The van der Waals surface area contributed by atoms with Crippen molar-refractivity contribution in [2.75, 3.05) is 12.8 Å².